The Bertz CT molecular complexity index is 1310. The molecule has 45 heavy (non-hydrogen) atoms. The highest BCUT2D eigenvalue weighted by Gasteiger charge is 2.31. The number of aromatic hydroxyl groups is 2. The Morgan fingerprint density at radius 2 is 1.60 bits per heavy atom. The van der Waals surface area contributed by atoms with Crippen LogP contribution in [0.3, 0.4) is 0 Å². The third kappa shape index (κ3) is 11.5. The van der Waals surface area contributed by atoms with E-state index in [1.807, 2.05) is 0 Å². The highest BCUT2D eigenvalue weighted by Crippen LogP contribution is 2.30. The summed E-state index contributed by atoms with van der Waals surface area (Å²) in [6, 6.07) is -2.18. The van der Waals surface area contributed by atoms with Gasteiger partial charge in [0.1, 0.15) is 18.1 Å². The lowest BCUT2D eigenvalue weighted by Gasteiger charge is -2.27. The predicted octanol–water partition coefficient (Wildman–Crippen LogP) is -3.05. The summed E-state index contributed by atoms with van der Waals surface area (Å²) in [6.07, 6.45) is -0.386. The van der Waals surface area contributed by atoms with Crippen LogP contribution < -0.4 is 38.1 Å². The molecule has 1 aliphatic rings. The number of hydrogen-bond acceptors (Lipinski definition) is 10. The molecular weight excluding hydrogens is 596 g/mol. The predicted molar refractivity (Wildman–Crippen MR) is 158 cm³/mol. The first-order chi connectivity index (χ1) is 21.1. The number of hydrogen-bond donors (Lipinski definition) is 11. The topological polar surface area (TPSA) is 308 Å². The Kier molecular flexibility index (Phi) is 13.3. The number of carbonyl (C=O) groups excluding carboxylic acids is 4. The minimum Gasteiger partial charge on any atom is -0.504 e. The summed E-state index contributed by atoms with van der Waals surface area (Å²) in [5, 5.41) is 50.4. The van der Waals surface area contributed by atoms with Gasteiger partial charge in [-0.25, -0.2) is 4.79 Å². The average molecular weight is 637 g/mol. The number of amides is 4. The lowest BCUT2D eigenvalue weighted by atomic mass is 9.94. The van der Waals surface area contributed by atoms with Crippen molar-refractivity contribution in [3.05, 3.63) is 23.3 Å². The van der Waals surface area contributed by atoms with Crippen molar-refractivity contribution in [2.45, 2.75) is 70.2 Å². The Morgan fingerprint density at radius 1 is 0.956 bits per heavy atom. The second kappa shape index (κ2) is 16.6. The van der Waals surface area contributed by atoms with Crippen molar-refractivity contribution in [3.8, 4) is 11.5 Å². The molecule has 1 aliphatic heterocycles. The SMILES string of the molecule is CC(C)[C@H](NC(=O)[C@H](CC(=O)O)NC(=O)CNC(=O)[C@H](CCCN=C(N)N)NC(=O)C1Cc2cc(O)c(O)cc2CN1)C(=O)O. The number of benzene rings is 1. The number of fused-ring (bicyclic) bond motifs is 1. The molecule has 1 heterocycles. The molecule has 18 heteroatoms. The van der Waals surface area contributed by atoms with Crippen LogP contribution in [0.5, 0.6) is 11.5 Å². The van der Waals surface area contributed by atoms with E-state index in [4.69, 9.17) is 11.5 Å². The highest BCUT2D eigenvalue weighted by molar-refractivity contribution is 5.95. The van der Waals surface area contributed by atoms with Gasteiger partial charge in [-0.15, -0.1) is 0 Å². The molecular formula is C27H40N8O10. The molecule has 13 N–H and O–H groups in total. The van der Waals surface area contributed by atoms with Crippen molar-refractivity contribution in [2.75, 3.05) is 13.1 Å². The number of guanidine groups is 1. The lowest BCUT2D eigenvalue weighted by molar-refractivity contribution is -0.144. The molecule has 0 aromatic heterocycles. The van der Waals surface area contributed by atoms with Gasteiger partial charge in [-0.2, -0.15) is 0 Å². The molecule has 0 radical (unpaired) electrons. The van der Waals surface area contributed by atoms with Gasteiger partial charge in [0.2, 0.25) is 23.6 Å². The Hall–Kier alpha value is -5.13. The van der Waals surface area contributed by atoms with Crippen molar-refractivity contribution < 1.29 is 49.2 Å². The summed E-state index contributed by atoms with van der Waals surface area (Å²) < 4.78 is 0. The van der Waals surface area contributed by atoms with Crippen molar-refractivity contribution in [2.24, 2.45) is 22.4 Å². The highest BCUT2D eigenvalue weighted by atomic mass is 16.4. The van der Waals surface area contributed by atoms with Gasteiger partial charge in [0.15, 0.2) is 17.5 Å². The summed E-state index contributed by atoms with van der Waals surface area (Å²) in [5.41, 5.74) is 12.0. The van der Waals surface area contributed by atoms with Gasteiger partial charge >= 0.3 is 11.9 Å². The van der Waals surface area contributed by atoms with Crippen molar-refractivity contribution in [3.63, 3.8) is 0 Å². The standard InChI is InChI=1S/C27H40N8O10/c1-12(2)22(26(44)45)35-25(43)17(9-21(39)40)33-20(38)11-32-23(41)15(4-3-5-30-27(28)29)34-24(42)16-6-13-7-18(36)19(37)8-14(13)10-31-16/h7-8,12,15-17,22,31,36-37H,3-6,9-11H2,1-2H3,(H,32,41)(H,33,38)(H,34,42)(H,35,43)(H,39,40)(H,44,45)(H4,28,29,30)/t15-,16?,17-,22-/m0/s1. The fraction of sp³-hybridized carbons (Fsp3) is 0.519. The summed E-state index contributed by atoms with van der Waals surface area (Å²) in [4.78, 5) is 77.9. The maximum Gasteiger partial charge on any atom is 0.326 e. The van der Waals surface area contributed by atoms with E-state index in [2.05, 4.69) is 31.6 Å². The molecule has 0 aliphatic carbocycles. The molecule has 18 nitrogen and oxygen atoms in total. The largest absolute Gasteiger partial charge is 0.504 e. The number of nitrogens with two attached hydrogens (primary N) is 2. The Morgan fingerprint density at radius 3 is 2.18 bits per heavy atom. The number of phenolic OH excluding ortho intramolecular Hbond substituents is 2. The average Bonchev–Trinajstić information content (AvgIpc) is 2.95. The molecule has 4 atom stereocenters. The minimum atomic E-state index is -1.64. The maximum atomic E-state index is 13.1. The van der Waals surface area contributed by atoms with Crippen LogP contribution in [0.4, 0.5) is 0 Å². The zero-order valence-electron chi connectivity index (χ0n) is 24.8. The Labute approximate surface area is 258 Å². The second-order valence-corrected chi connectivity index (χ2v) is 10.8. The van der Waals surface area contributed by atoms with Crippen LogP contribution in [-0.2, 0) is 41.7 Å². The number of nitrogens with one attached hydrogen (secondary N) is 5. The van der Waals surface area contributed by atoms with E-state index in [1.165, 1.54) is 26.0 Å². The zero-order valence-corrected chi connectivity index (χ0v) is 24.8. The first-order valence-corrected chi connectivity index (χ1v) is 14.0. The first-order valence-electron chi connectivity index (χ1n) is 14.0. The van der Waals surface area contributed by atoms with Crippen molar-refractivity contribution >= 4 is 41.5 Å². The van der Waals surface area contributed by atoms with Crippen LogP contribution in [0.1, 0.15) is 44.2 Å². The van der Waals surface area contributed by atoms with Gasteiger partial charge in [-0.05, 0) is 48.4 Å². The number of rotatable bonds is 16. The molecule has 0 spiro atoms. The van der Waals surface area contributed by atoms with E-state index in [9.17, 15) is 49.2 Å². The van der Waals surface area contributed by atoms with Crippen molar-refractivity contribution in [1.82, 2.24) is 26.6 Å². The molecule has 2 rings (SSSR count). The number of aliphatic carboxylic acids is 2. The normalized spacial score (nSPS) is 15.8. The quantitative estimate of drug-likeness (QED) is 0.0372. The van der Waals surface area contributed by atoms with E-state index >= 15 is 0 Å². The summed E-state index contributed by atoms with van der Waals surface area (Å²) >= 11 is 0. The molecule has 1 aromatic carbocycles. The van der Waals surface area contributed by atoms with Crippen LogP contribution in [-0.4, -0.2) is 99.2 Å². The smallest absolute Gasteiger partial charge is 0.326 e. The van der Waals surface area contributed by atoms with E-state index in [0.717, 1.165) is 0 Å². The second-order valence-electron chi connectivity index (χ2n) is 10.8. The molecule has 0 saturated heterocycles. The van der Waals surface area contributed by atoms with Gasteiger partial charge in [-0.3, -0.25) is 29.0 Å². The number of carboxylic acid groups (broad SMARTS) is 2. The molecule has 248 valence electrons. The number of phenols is 2. The Balaban J connectivity index is 2.07. The van der Waals surface area contributed by atoms with Gasteiger partial charge in [0, 0.05) is 13.1 Å². The number of carbonyl (C=O) groups is 6. The van der Waals surface area contributed by atoms with E-state index in [1.54, 1.807) is 0 Å². The van der Waals surface area contributed by atoms with Crippen LogP contribution in [0, 0.1) is 5.92 Å². The summed E-state index contributed by atoms with van der Waals surface area (Å²) in [6.45, 7) is 2.71. The molecule has 1 aromatic rings. The number of carboxylic acids is 2. The van der Waals surface area contributed by atoms with Crippen LogP contribution in [0.25, 0.3) is 0 Å². The molecule has 4 amide bonds. The minimum absolute atomic E-state index is 0.0593. The number of nitrogens with zero attached hydrogens (tertiary/aromatic N) is 1. The molecule has 1 unspecified atom stereocenters. The monoisotopic (exact) mass is 636 g/mol. The fourth-order valence-electron chi connectivity index (χ4n) is 4.46. The van der Waals surface area contributed by atoms with E-state index < -0.39 is 78.6 Å². The summed E-state index contributed by atoms with van der Waals surface area (Å²) in [7, 11) is 0. The first kappa shape index (κ1) is 36.1. The van der Waals surface area contributed by atoms with Gasteiger partial charge in [0.05, 0.1) is 19.0 Å². The van der Waals surface area contributed by atoms with Gasteiger partial charge in [0.25, 0.3) is 0 Å². The lowest BCUT2D eigenvalue weighted by Crippen LogP contribution is -2.56. The van der Waals surface area contributed by atoms with Crippen LogP contribution in [0.15, 0.2) is 17.1 Å². The third-order valence-electron chi connectivity index (χ3n) is 6.84. The zero-order chi connectivity index (χ0) is 33.8. The molecule has 0 bridgehead atoms. The van der Waals surface area contributed by atoms with Gasteiger partial charge < -0.3 is 58.5 Å². The fourth-order valence-corrected chi connectivity index (χ4v) is 4.46. The third-order valence-corrected chi connectivity index (χ3v) is 6.84. The van der Waals surface area contributed by atoms with Crippen molar-refractivity contribution in [1.29, 1.82) is 0 Å². The van der Waals surface area contributed by atoms with Gasteiger partial charge in [-0.1, -0.05) is 13.8 Å². The van der Waals surface area contributed by atoms with Crippen LogP contribution in [0.2, 0.25) is 0 Å². The van der Waals surface area contributed by atoms with Crippen LogP contribution >= 0.6 is 0 Å². The summed E-state index contributed by atoms with van der Waals surface area (Å²) in [5.74, 6) is -7.43. The van der Waals surface area contributed by atoms with E-state index in [-0.39, 0.29) is 49.8 Å². The number of aliphatic imine (C=N–C) groups is 1. The molecule has 0 fully saturated rings. The van der Waals surface area contributed by atoms with E-state index in [0.29, 0.717) is 11.1 Å². The molecule has 0 saturated carbocycles. The maximum absolute atomic E-state index is 13.1.